The number of nitrogens with one attached hydrogen (secondary N) is 2. The Bertz CT molecular complexity index is 1070. The lowest BCUT2D eigenvalue weighted by molar-refractivity contribution is 0.160. The molecule has 0 unspecified atom stereocenters. The van der Waals surface area contributed by atoms with Crippen LogP contribution in [0.25, 0.3) is 22.5 Å². The Morgan fingerprint density at radius 3 is 2.25 bits per heavy atom. The molecule has 0 amide bonds. The van der Waals surface area contributed by atoms with Gasteiger partial charge < -0.3 is 19.9 Å². The van der Waals surface area contributed by atoms with Gasteiger partial charge in [-0.3, -0.25) is 0 Å². The van der Waals surface area contributed by atoms with Crippen molar-refractivity contribution in [3.63, 3.8) is 0 Å². The van der Waals surface area contributed by atoms with Gasteiger partial charge in [-0.05, 0) is 83.9 Å². The third-order valence-electron chi connectivity index (χ3n) is 6.35. The predicted octanol–water partition coefficient (Wildman–Crippen LogP) is 5.20. The summed E-state index contributed by atoms with van der Waals surface area (Å²) in [6, 6.07) is 14.8. The van der Waals surface area contributed by atoms with E-state index in [4.69, 9.17) is 4.74 Å². The lowest BCUT2D eigenvalue weighted by Crippen LogP contribution is -2.62. The average Bonchev–Trinajstić information content (AvgIpc) is 3.17. The normalized spacial score (nSPS) is 17.8. The molecule has 2 aromatic heterocycles. The van der Waals surface area contributed by atoms with E-state index in [-0.39, 0.29) is 11.1 Å². The summed E-state index contributed by atoms with van der Waals surface area (Å²) in [7, 11) is 3.82. The number of methoxy groups -OCH3 is 1. The summed E-state index contributed by atoms with van der Waals surface area (Å²) >= 11 is 0. The molecule has 1 saturated heterocycles. The fourth-order valence-electron chi connectivity index (χ4n) is 5.13. The van der Waals surface area contributed by atoms with Crippen molar-refractivity contribution in [2.45, 2.75) is 64.6 Å². The van der Waals surface area contributed by atoms with Gasteiger partial charge in [0.05, 0.1) is 12.8 Å². The second kappa shape index (κ2) is 8.24. The maximum atomic E-state index is 5.69. The molecule has 0 spiro atoms. The van der Waals surface area contributed by atoms with E-state index in [1.165, 1.54) is 0 Å². The summed E-state index contributed by atoms with van der Waals surface area (Å²) in [6.07, 6.45) is 2.12. The largest absolute Gasteiger partial charge is 0.496 e. The molecule has 1 aliphatic rings. The molecule has 0 aliphatic carbocycles. The highest BCUT2D eigenvalue weighted by molar-refractivity contribution is 5.73. The number of aromatic nitrogens is 3. The van der Waals surface area contributed by atoms with E-state index in [9.17, 15) is 0 Å². The van der Waals surface area contributed by atoms with E-state index in [1.54, 1.807) is 7.11 Å². The number of rotatable bonds is 5. The summed E-state index contributed by atoms with van der Waals surface area (Å²) in [5.41, 5.74) is 5.20. The predicted molar refractivity (Wildman–Crippen MR) is 131 cm³/mol. The minimum Gasteiger partial charge on any atom is -0.496 e. The van der Waals surface area contributed by atoms with Crippen molar-refractivity contribution in [3.8, 4) is 28.3 Å². The van der Waals surface area contributed by atoms with Gasteiger partial charge in [0.25, 0.3) is 0 Å². The standard InChI is InChI=1S/C26H35N5O/c1-17-8-11-21(27-17)18-9-10-20(23(14-18)32-7)22-12-13-24(29-28-22)31(6)19-15-25(2,3)30-26(4,5)16-19/h8-14,19,27,30H,15-16H2,1-7H3. The molecule has 32 heavy (non-hydrogen) atoms. The molecule has 3 aromatic rings. The maximum absolute atomic E-state index is 5.69. The molecule has 6 heteroatoms. The van der Waals surface area contributed by atoms with Gasteiger partial charge in [0.1, 0.15) is 5.75 Å². The smallest absolute Gasteiger partial charge is 0.151 e. The van der Waals surface area contributed by atoms with Crippen molar-refractivity contribution in [2.75, 3.05) is 19.1 Å². The summed E-state index contributed by atoms with van der Waals surface area (Å²) in [6.45, 7) is 11.1. The number of H-pyrrole nitrogens is 1. The Morgan fingerprint density at radius 2 is 1.69 bits per heavy atom. The molecule has 4 rings (SSSR count). The highest BCUT2D eigenvalue weighted by Gasteiger charge is 2.39. The number of aromatic amines is 1. The van der Waals surface area contributed by atoms with Gasteiger partial charge in [-0.25, -0.2) is 0 Å². The number of nitrogens with zero attached hydrogens (tertiary/aromatic N) is 3. The quantitative estimate of drug-likeness (QED) is 0.579. The third kappa shape index (κ3) is 4.65. The molecular weight excluding hydrogens is 398 g/mol. The maximum Gasteiger partial charge on any atom is 0.151 e. The van der Waals surface area contributed by atoms with Crippen LogP contribution in [0.15, 0.2) is 42.5 Å². The van der Waals surface area contributed by atoms with Crippen LogP contribution in [0.1, 0.15) is 46.2 Å². The van der Waals surface area contributed by atoms with E-state index in [1.807, 2.05) is 12.1 Å². The van der Waals surface area contributed by atoms with Crippen LogP contribution in [0.3, 0.4) is 0 Å². The van der Waals surface area contributed by atoms with Crippen LogP contribution < -0.4 is 15.0 Å². The van der Waals surface area contributed by atoms with Gasteiger partial charge in [-0.15, -0.1) is 10.2 Å². The summed E-state index contributed by atoms with van der Waals surface area (Å²) < 4.78 is 5.69. The molecule has 6 nitrogen and oxygen atoms in total. The van der Waals surface area contributed by atoms with Gasteiger partial charge in [0.2, 0.25) is 0 Å². The van der Waals surface area contributed by atoms with E-state index >= 15 is 0 Å². The molecule has 170 valence electrons. The second-order valence-corrected chi connectivity index (χ2v) is 10.3. The van der Waals surface area contributed by atoms with E-state index in [0.717, 1.165) is 52.6 Å². The Kier molecular flexibility index (Phi) is 5.76. The number of benzene rings is 1. The molecule has 2 N–H and O–H groups in total. The highest BCUT2D eigenvalue weighted by atomic mass is 16.5. The number of ether oxygens (including phenoxy) is 1. The van der Waals surface area contributed by atoms with E-state index in [0.29, 0.717) is 6.04 Å². The number of aryl methyl sites for hydroxylation is 1. The Hall–Kier alpha value is -2.86. The fourth-order valence-corrected chi connectivity index (χ4v) is 5.13. The first kappa shape index (κ1) is 22.3. The number of piperidine rings is 1. The monoisotopic (exact) mass is 433 g/mol. The van der Waals surface area contributed by atoms with Gasteiger partial charge in [0, 0.05) is 46.7 Å². The number of anilines is 1. The Morgan fingerprint density at radius 1 is 0.969 bits per heavy atom. The molecule has 1 aromatic carbocycles. The molecule has 0 saturated carbocycles. The summed E-state index contributed by atoms with van der Waals surface area (Å²) in [5, 5.41) is 12.9. The van der Waals surface area contributed by atoms with E-state index < -0.39 is 0 Å². The van der Waals surface area contributed by atoms with Crippen molar-refractivity contribution >= 4 is 5.82 Å². The minimum absolute atomic E-state index is 0.0842. The van der Waals surface area contributed by atoms with Crippen LogP contribution in [0.2, 0.25) is 0 Å². The number of hydrogen-bond donors (Lipinski definition) is 2. The molecule has 0 atom stereocenters. The van der Waals surface area contributed by atoms with Crippen molar-refractivity contribution in [1.29, 1.82) is 0 Å². The molecule has 3 heterocycles. The van der Waals surface area contributed by atoms with Crippen LogP contribution in [-0.4, -0.2) is 46.5 Å². The van der Waals surface area contributed by atoms with E-state index in [2.05, 4.69) is 97.4 Å². The molecule has 1 aliphatic heterocycles. The van der Waals surface area contributed by atoms with Crippen LogP contribution in [-0.2, 0) is 0 Å². The van der Waals surface area contributed by atoms with Crippen LogP contribution in [0, 0.1) is 6.92 Å². The summed E-state index contributed by atoms with van der Waals surface area (Å²) in [4.78, 5) is 5.64. The first-order chi connectivity index (χ1) is 15.1. The second-order valence-electron chi connectivity index (χ2n) is 10.3. The lowest BCUT2D eigenvalue weighted by atomic mass is 9.79. The van der Waals surface area contributed by atoms with Gasteiger partial charge in [-0.1, -0.05) is 6.07 Å². The first-order valence-corrected chi connectivity index (χ1v) is 11.3. The minimum atomic E-state index is 0.0842. The molecular formula is C26H35N5O. The molecule has 1 fully saturated rings. The van der Waals surface area contributed by atoms with Crippen LogP contribution in [0.4, 0.5) is 5.82 Å². The third-order valence-corrected chi connectivity index (χ3v) is 6.35. The lowest BCUT2D eigenvalue weighted by Gasteiger charge is -2.49. The van der Waals surface area contributed by atoms with Gasteiger partial charge >= 0.3 is 0 Å². The molecule has 0 bridgehead atoms. The zero-order valence-electron chi connectivity index (χ0n) is 20.3. The first-order valence-electron chi connectivity index (χ1n) is 11.3. The SMILES string of the molecule is COc1cc(-c2ccc(C)[nH]2)ccc1-c1ccc(N(C)C2CC(C)(C)NC(C)(C)C2)nn1. The number of hydrogen-bond acceptors (Lipinski definition) is 5. The topological polar surface area (TPSA) is 66.1 Å². The van der Waals surface area contributed by atoms with Crippen molar-refractivity contribution in [1.82, 2.24) is 20.5 Å². The Labute approximate surface area is 191 Å². The van der Waals surface area contributed by atoms with Crippen molar-refractivity contribution < 1.29 is 4.74 Å². The van der Waals surface area contributed by atoms with Crippen molar-refractivity contribution in [2.24, 2.45) is 0 Å². The molecule has 0 radical (unpaired) electrons. The summed E-state index contributed by atoms with van der Waals surface area (Å²) in [5.74, 6) is 1.68. The fraction of sp³-hybridized carbons (Fsp3) is 0.462. The van der Waals surface area contributed by atoms with Crippen LogP contribution >= 0.6 is 0 Å². The zero-order chi connectivity index (χ0) is 23.1. The Balaban J connectivity index is 1.57. The van der Waals surface area contributed by atoms with Gasteiger partial charge in [-0.2, -0.15) is 0 Å². The average molecular weight is 434 g/mol. The van der Waals surface area contributed by atoms with Crippen molar-refractivity contribution in [3.05, 3.63) is 48.2 Å². The highest BCUT2D eigenvalue weighted by Crippen LogP contribution is 2.35. The van der Waals surface area contributed by atoms with Crippen LogP contribution in [0.5, 0.6) is 5.75 Å². The zero-order valence-corrected chi connectivity index (χ0v) is 20.3. The van der Waals surface area contributed by atoms with Gasteiger partial charge in [0.15, 0.2) is 5.82 Å².